The number of methoxy groups -OCH3 is 1. The van der Waals surface area contributed by atoms with E-state index >= 15 is 0 Å². The summed E-state index contributed by atoms with van der Waals surface area (Å²) in [6.45, 7) is 3.04. The number of benzene rings is 1. The van der Waals surface area contributed by atoms with E-state index in [1.165, 1.54) is 13.2 Å². The molecule has 0 bridgehead atoms. The summed E-state index contributed by atoms with van der Waals surface area (Å²) >= 11 is 0. The minimum absolute atomic E-state index is 0.126. The van der Waals surface area contributed by atoms with Gasteiger partial charge in [0.05, 0.1) is 12.8 Å². The first-order valence-electron chi connectivity index (χ1n) is 10.8. The third-order valence-corrected chi connectivity index (χ3v) is 5.83. The lowest BCUT2D eigenvalue weighted by Gasteiger charge is -2.36. The summed E-state index contributed by atoms with van der Waals surface area (Å²) in [6.07, 6.45) is 4.13. The molecule has 0 aliphatic carbocycles. The maximum atomic E-state index is 14.1. The number of aromatic nitrogens is 1. The standard InChI is InChI=1S/C23H26FN3O2.C2H4O2/c1-25(2)18-8-10-26(11-9-18)20-6-5-19-12-17(14-23(28)27(19)15-20)16-4-7-22(29-3)21(24)13-16;1-2(3)4/h4-7,12-15,18H,8-11H2,1-3H3;1H3,(H,3,4). The lowest BCUT2D eigenvalue weighted by molar-refractivity contribution is -0.134. The van der Waals surface area contributed by atoms with E-state index in [0.717, 1.165) is 44.1 Å². The molecule has 0 radical (unpaired) electrons. The Labute approximate surface area is 192 Å². The van der Waals surface area contributed by atoms with E-state index in [9.17, 15) is 9.18 Å². The van der Waals surface area contributed by atoms with Crippen molar-refractivity contribution >= 4 is 17.2 Å². The number of ether oxygens (including phenoxy) is 1. The predicted molar refractivity (Wildman–Crippen MR) is 128 cm³/mol. The summed E-state index contributed by atoms with van der Waals surface area (Å²) < 4.78 is 20.7. The smallest absolute Gasteiger partial charge is 0.300 e. The third-order valence-electron chi connectivity index (χ3n) is 5.83. The summed E-state index contributed by atoms with van der Waals surface area (Å²) in [4.78, 5) is 26.4. The summed E-state index contributed by atoms with van der Waals surface area (Å²) in [5.74, 6) is -1.09. The average molecular weight is 456 g/mol. The highest BCUT2D eigenvalue weighted by atomic mass is 19.1. The zero-order valence-electron chi connectivity index (χ0n) is 19.4. The maximum Gasteiger partial charge on any atom is 0.300 e. The first kappa shape index (κ1) is 24.3. The number of halogens is 1. The molecule has 0 amide bonds. The van der Waals surface area contributed by atoms with Gasteiger partial charge in [0.15, 0.2) is 11.6 Å². The number of anilines is 1. The van der Waals surface area contributed by atoms with Gasteiger partial charge in [0.1, 0.15) is 0 Å². The molecular weight excluding hydrogens is 425 g/mol. The van der Waals surface area contributed by atoms with Gasteiger partial charge >= 0.3 is 0 Å². The Kier molecular flexibility index (Phi) is 7.71. The number of rotatable bonds is 4. The van der Waals surface area contributed by atoms with E-state index in [1.807, 2.05) is 18.3 Å². The zero-order chi connectivity index (χ0) is 24.1. The van der Waals surface area contributed by atoms with Crippen LogP contribution >= 0.6 is 0 Å². The van der Waals surface area contributed by atoms with Gasteiger partial charge in [-0.15, -0.1) is 0 Å². The number of carboxylic acid groups (broad SMARTS) is 1. The van der Waals surface area contributed by atoms with Gasteiger partial charge in [0, 0.05) is 43.8 Å². The van der Waals surface area contributed by atoms with Crippen molar-refractivity contribution in [1.29, 1.82) is 0 Å². The van der Waals surface area contributed by atoms with E-state index < -0.39 is 11.8 Å². The highest BCUT2D eigenvalue weighted by molar-refractivity contribution is 5.70. The second-order valence-electron chi connectivity index (χ2n) is 8.31. The first-order chi connectivity index (χ1) is 15.7. The van der Waals surface area contributed by atoms with Gasteiger partial charge in [-0.2, -0.15) is 0 Å². The number of fused-ring (bicyclic) bond motifs is 1. The van der Waals surface area contributed by atoms with Crippen molar-refractivity contribution in [2.75, 3.05) is 39.2 Å². The summed E-state index contributed by atoms with van der Waals surface area (Å²) in [6, 6.07) is 12.8. The molecule has 1 aromatic carbocycles. The van der Waals surface area contributed by atoms with E-state index in [2.05, 4.69) is 30.0 Å². The highest BCUT2D eigenvalue weighted by Crippen LogP contribution is 2.27. The van der Waals surface area contributed by atoms with Crippen LogP contribution < -0.4 is 15.2 Å². The molecule has 1 fully saturated rings. The van der Waals surface area contributed by atoms with Crippen molar-refractivity contribution in [1.82, 2.24) is 9.30 Å². The second kappa shape index (κ2) is 10.5. The number of hydrogen-bond acceptors (Lipinski definition) is 5. The van der Waals surface area contributed by atoms with Gasteiger partial charge < -0.3 is 19.6 Å². The van der Waals surface area contributed by atoms with Crippen LogP contribution in [0.15, 0.2) is 53.5 Å². The number of pyridine rings is 2. The fourth-order valence-corrected chi connectivity index (χ4v) is 4.05. The number of aliphatic carboxylic acids is 1. The third kappa shape index (κ3) is 5.90. The van der Waals surface area contributed by atoms with Crippen molar-refractivity contribution in [3.8, 4) is 16.9 Å². The number of piperidine rings is 1. The van der Waals surface area contributed by atoms with Crippen LogP contribution in [-0.4, -0.2) is 60.7 Å². The van der Waals surface area contributed by atoms with Crippen LogP contribution in [0.4, 0.5) is 10.1 Å². The van der Waals surface area contributed by atoms with Crippen LogP contribution in [0.25, 0.3) is 16.6 Å². The normalized spacial score (nSPS) is 14.2. The molecule has 1 aliphatic rings. The minimum Gasteiger partial charge on any atom is -0.494 e. The van der Waals surface area contributed by atoms with Gasteiger partial charge in [0.2, 0.25) is 0 Å². The monoisotopic (exact) mass is 455 g/mol. The number of nitrogens with zero attached hydrogens (tertiary/aromatic N) is 3. The van der Waals surface area contributed by atoms with Gasteiger partial charge in [-0.1, -0.05) is 6.07 Å². The molecule has 7 nitrogen and oxygen atoms in total. The van der Waals surface area contributed by atoms with Crippen molar-refractivity contribution in [2.24, 2.45) is 0 Å². The van der Waals surface area contributed by atoms with Gasteiger partial charge in [-0.3, -0.25) is 14.0 Å². The molecule has 3 aromatic rings. The fraction of sp³-hybridized carbons (Fsp3) is 0.360. The van der Waals surface area contributed by atoms with Crippen LogP contribution in [0.2, 0.25) is 0 Å². The molecule has 4 rings (SSSR count). The molecule has 176 valence electrons. The summed E-state index contributed by atoms with van der Waals surface area (Å²) in [7, 11) is 5.69. The number of carbonyl (C=O) groups is 1. The van der Waals surface area contributed by atoms with Crippen LogP contribution in [0.5, 0.6) is 5.75 Å². The summed E-state index contributed by atoms with van der Waals surface area (Å²) in [5.41, 5.74) is 3.06. The predicted octanol–water partition coefficient (Wildman–Crippen LogP) is 3.74. The molecule has 33 heavy (non-hydrogen) atoms. The Morgan fingerprint density at radius 3 is 2.33 bits per heavy atom. The van der Waals surface area contributed by atoms with Crippen molar-refractivity contribution in [2.45, 2.75) is 25.8 Å². The minimum atomic E-state index is -0.833. The molecule has 0 atom stereocenters. The zero-order valence-corrected chi connectivity index (χ0v) is 19.4. The molecule has 8 heteroatoms. The van der Waals surface area contributed by atoms with Crippen LogP contribution in [0, 0.1) is 5.82 Å². The quantitative estimate of drug-likeness (QED) is 0.646. The van der Waals surface area contributed by atoms with Gasteiger partial charge in [-0.25, -0.2) is 4.39 Å². The van der Waals surface area contributed by atoms with Crippen LogP contribution in [0.3, 0.4) is 0 Å². The Bertz CT molecular complexity index is 1180. The van der Waals surface area contributed by atoms with E-state index in [-0.39, 0.29) is 11.3 Å². The Morgan fingerprint density at radius 1 is 1.09 bits per heavy atom. The van der Waals surface area contributed by atoms with Crippen LogP contribution in [0.1, 0.15) is 19.8 Å². The molecule has 1 N–H and O–H groups in total. The second-order valence-corrected chi connectivity index (χ2v) is 8.31. The van der Waals surface area contributed by atoms with Crippen molar-refractivity contribution < 1.29 is 19.0 Å². The first-order valence-corrected chi connectivity index (χ1v) is 10.8. The van der Waals surface area contributed by atoms with Crippen molar-refractivity contribution in [3.05, 3.63) is 64.8 Å². The topological polar surface area (TPSA) is 74.5 Å². The lowest BCUT2D eigenvalue weighted by atomic mass is 10.0. The van der Waals surface area contributed by atoms with E-state index in [1.54, 1.807) is 22.6 Å². The number of carboxylic acids is 1. The molecule has 0 saturated carbocycles. The largest absolute Gasteiger partial charge is 0.494 e. The Hall–Kier alpha value is -3.39. The maximum absolute atomic E-state index is 14.1. The highest BCUT2D eigenvalue weighted by Gasteiger charge is 2.21. The van der Waals surface area contributed by atoms with Crippen molar-refractivity contribution in [3.63, 3.8) is 0 Å². The Balaban J connectivity index is 0.000000709. The lowest BCUT2D eigenvalue weighted by Crippen LogP contribution is -2.42. The molecule has 2 aromatic heterocycles. The Morgan fingerprint density at radius 2 is 1.76 bits per heavy atom. The van der Waals surface area contributed by atoms with Crippen LogP contribution in [-0.2, 0) is 4.79 Å². The molecule has 3 heterocycles. The molecule has 0 unspecified atom stereocenters. The van der Waals surface area contributed by atoms with Gasteiger partial charge in [-0.05, 0) is 68.4 Å². The molecular formula is C25H30FN3O4. The van der Waals surface area contributed by atoms with Gasteiger partial charge in [0.25, 0.3) is 11.5 Å². The number of hydrogen-bond donors (Lipinski definition) is 1. The molecule has 1 saturated heterocycles. The average Bonchev–Trinajstić information content (AvgIpc) is 2.78. The van der Waals surface area contributed by atoms with E-state index in [0.29, 0.717) is 17.2 Å². The van der Waals surface area contributed by atoms with E-state index in [4.69, 9.17) is 14.6 Å². The SMILES string of the molecule is CC(=O)O.COc1ccc(-c2cc(=O)n3cc(N4CCC(N(C)C)CC4)ccc3c2)cc1F. The molecule has 1 aliphatic heterocycles. The fourth-order valence-electron chi connectivity index (χ4n) is 4.05. The molecule has 0 spiro atoms. The summed E-state index contributed by atoms with van der Waals surface area (Å²) in [5, 5.41) is 7.42.